The Hall–Kier alpha value is -2.03. The SMILES string of the molecule is CCN(CC)c1ccc(S(=O)(=O)N2CCOCC2)cc1NC(=O)C1CCN(S(=O)(=O)c2cccs2)CC1. The van der Waals surface area contributed by atoms with Gasteiger partial charge in [0.25, 0.3) is 10.0 Å². The molecule has 0 spiro atoms. The van der Waals surface area contributed by atoms with Crippen LogP contribution in [0.3, 0.4) is 0 Å². The Kier molecular flexibility index (Phi) is 8.92. The number of rotatable bonds is 9. The molecule has 0 radical (unpaired) electrons. The molecule has 204 valence electrons. The van der Waals surface area contributed by atoms with Crippen LogP contribution in [-0.2, 0) is 29.6 Å². The first-order chi connectivity index (χ1) is 17.7. The van der Waals surface area contributed by atoms with Crippen molar-refractivity contribution in [2.24, 2.45) is 5.92 Å². The number of piperidine rings is 1. The third-order valence-corrected chi connectivity index (χ3v) is 12.0. The Labute approximate surface area is 223 Å². The average molecular weight is 571 g/mol. The lowest BCUT2D eigenvalue weighted by Gasteiger charge is -2.31. The first-order valence-corrected chi connectivity index (χ1v) is 16.3. The van der Waals surface area contributed by atoms with E-state index < -0.39 is 20.0 Å². The minimum absolute atomic E-state index is 0.123. The molecule has 2 saturated heterocycles. The molecular formula is C24H34N4O6S3. The fourth-order valence-corrected chi connectivity index (χ4v) is 8.73. The number of nitrogens with one attached hydrogen (secondary N) is 1. The number of carbonyl (C=O) groups is 1. The number of hydrogen-bond donors (Lipinski definition) is 1. The molecule has 2 aromatic rings. The van der Waals surface area contributed by atoms with E-state index in [-0.39, 0.29) is 42.9 Å². The fourth-order valence-electron chi connectivity index (χ4n) is 4.68. The van der Waals surface area contributed by atoms with Crippen molar-refractivity contribution in [3.63, 3.8) is 0 Å². The van der Waals surface area contributed by atoms with Crippen LogP contribution in [0.2, 0.25) is 0 Å². The van der Waals surface area contributed by atoms with Crippen LogP contribution in [0, 0.1) is 5.92 Å². The van der Waals surface area contributed by atoms with Crippen molar-refractivity contribution in [3.8, 4) is 0 Å². The fraction of sp³-hybridized carbons (Fsp3) is 0.542. The normalized spacial score (nSPS) is 18.5. The van der Waals surface area contributed by atoms with Gasteiger partial charge in [0.2, 0.25) is 15.9 Å². The molecule has 0 saturated carbocycles. The van der Waals surface area contributed by atoms with Gasteiger partial charge in [-0.15, -0.1) is 11.3 Å². The zero-order valence-electron chi connectivity index (χ0n) is 21.1. The van der Waals surface area contributed by atoms with Gasteiger partial charge in [0.1, 0.15) is 4.21 Å². The molecule has 3 heterocycles. The van der Waals surface area contributed by atoms with Crippen LogP contribution in [0.4, 0.5) is 11.4 Å². The molecule has 1 amide bonds. The van der Waals surface area contributed by atoms with Gasteiger partial charge in [-0.25, -0.2) is 16.8 Å². The maximum Gasteiger partial charge on any atom is 0.252 e. The molecule has 0 atom stereocenters. The van der Waals surface area contributed by atoms with E-state index in [4.69, 9.17) is 4.74 Å². The molecule has 1 N–H and O–H groups in total. The van der Waals surface area contributed by atoms with E-state index in [2.05, 4.69) is 10.2 Å². The van der Waals surface area contributed by atoms with Crippen LogP contribution in [-0.4, -0.2) is 83.8 Å². The van der Waals surface area contributed by atoms with E-state index in [0.29, 0.717) is 49.0 Å². The quantitative estimate of drug-likeness (QED) is 0.493. The van der Waals surface area contributed by atoms with E-state index in [1.807, 2.05) is 13.8 Å². The Morgan fingerprint density at radius 1 is 1.00 bits per heavy atom. The summed E-state index contributed by atoms with van der Waals surface area (Å²) in [5, 5.41) is 4.70. The van der Waals surface area contributed by atoms with Crippen molar-refractivity contribution in [3.05, 3.63) is 35.7 Å². The summed E-state index contributed by atoms with van der Waals surface area (Å²) in [4.78, 5) is 15.5. The number of hydrogen-bond acceptors (Lipinski definition) is 8. The summed E-state index contributed by atoms with van der Waals surface area (Å²) in [6.07, 6.45) is 0.783. The van der Waals surface area contributed by atoms with Crippen LogP contribution in [0.25, 0.3) is 0 Å². The third-order valence-electron chi connectivity index (χ3n) is 6.85. The van der Waals surface area contributed by atoms with Gasteiger partial charge in [0, 0.05) is 45.2 Å². The molecule has 1 aromatic carbocycles. The lowest BCUT2D eigenvalue weighted by molar-refractivity contribution is -0.120. The first-order valence-electron chi connectivity index (χ1n) is 12.5. The summed E-state index contributed by atoms with van der Waals surface area (Å²) in [6, 6.07) is 8.16. The van der Waals surface area contributed by atoms with Gasteiger partial charge in [0.05, 0.1) is 29.5 Å². The zero-order chi connectivity index (χ0) is 26.6. The van der Waals surface area contributed by atoms with E-state index in [1.165, 1.54) is 26.0 Å². The van der Waals surface area contributed by atoms with E-state index >= 15 is 0 Å². The predicted molar refractivity (Wildman–Crippen MR) is 144 cm³/mol. The largest absolute Gasteiger partial charge is 0.379 e. The summed E-state index contributed by atoms with van der Waals surface area (Å²) in [5.41, 5.74) is 1.19. The van der Waals surface area contributed by atoms with Crippen LogP contribution in [0.5, 0.6) is 0 Å². The molecule has 10 nitrogen and oxygen atoms in total. The number of morpholine rings is 1. The highest BCUT2D eigenvalue weighted by molar-refractivity contribution is 7.91. The van der Waals surface area contributed by atoms with Crippen LogP contribution >= 0.6 is 11.3 Å². The second-order valence-corrected chi connectivity index (χ2v) is 14.0. The second kappa shape index (κ2) is 11.8. The van der Waals surface area contributed by atoms with Crippen molar-refractivity contribution in [1.82, 2.24) is 8.61 Å². The van der Waals surface area contributed by atoms with E-state index in [9.17, 15) is 21.6 Å². The number of ether oxygens (including phenoxy) is 1. The number of sulfonamides is 2. The van der Waals surface area contributed by atoms with Gasteiger partial charge in [-0.3, -0.25) is 4.79 Å². The average Bonchev–Trinajstić information content (AvgIpc) is 3.47. The third kappa shape index (κ3) is 6.02. The van der Waals surface area contributed by atoms with Crippen molar-refractivity contribution >= 4 is 48.7 Å². The molecule has 2 aliphatic rings. The van der Waals surface area contributed by atoms with Crippen molar-refractivity contribution in [2.45, 2.75) is 35.8 Å². The molecular weight excluding hydrogens is 536 g/mol. The first kappa shape index (κ1) is 28.0. The highest BCUT2D eigenvalue weighted by atomic mass is 32.2. The maximum absolute atomic E-state index is 13.3. The van der Waals surface area contributed by atoms with Crippen LogP contribution in [0.15, 0.2) is 44.8 Å². The van der Waals surface area contributed by atoms with E-state index in [0.717, 1.165) is 5.69 Å². The summed E-state index contributed by atoms with van der Waals surface area (Å²) in [5.74, 6) is -0.610. The summed E-state index contributed by atoms with van der Waals surface area (Å²) in [7, 11) is -7.29. The minimum atomic E-state index is -3.74. The van der Waals surface area contributed by atoms with Crippen LogP contribution in [0.1, 0.15) is 26.7 Å². The van der Waals surface area contributed by atoms with Gasteiger partial charge in [-0.2, -0.15) is 8.61 Å². The number of amides is 1. The molecule has 2 aliphatic heterocycles. The number of benzene rings is 1. The van der Waals surface area contributed by atoms with Gasteiger partial charge in [-0.1, -0.05) is 6.07 Å². The standard InChI is InChI=1S/C24H34N4O6S3/c1-3-26(4-2)22-8-7-20(36(30,31)28-13-15-34-16-14-28)18-21(22)25-24(29)19-9-11-27(12-10-19)37(32,33)23-6-5-17-35-23/h5-8,17-19H,3-4,9-16H2,1-2H3,(H,25,29). The highest BCUT2D eigenvalue weighted by Crippen LogP contribution is 2.32. The lowest BCUT2D eigenvalue weighted by atomic mass is 9.97. The zero-order valence-corrected chi connectivity index (χ0v) is 23.6. The Morgan fingerprint density at radius 2 is 1.65 bits per heavy atom. The molecule has 0 bridgehead atoms. The number of carbonyl (C=O) groups excluding carboxylic acids is 1. The molecule has 13 heteroatoms. The molecule has 0 aliphatic carbocycles. The van der Waals surface area contributed by atoms with E-state index in [1.54, 1.807) is 29.6 Å². The molecule has 0 unspecified atom stereocenters. The summed E-state index contributed by atoms with van der Waals surface area (Å²) in [6.45, 7) is 7.15. The number of nitrogens with zero attached hydrogens (tertiary/aromatic N) is 3. The minimum Gasteiger partial charge on any atom is -0.379 e. The Balaban J connectivity index is 1.52. The van der Waals surface area contributed by atoms with Gasteiger partial charge in [0.15, 0.2) is 0 Å². The predicted octanol–water partition coefficient (Wildman–Crippen LogP) is 2.65. The van der Waals surface area contributed by atoms with Gasteiger partial charge >= 0.3 is 0 Å². The molecule has 1 aromatic heterocycles. The van der Waals surface area contributed by atoms with Crippen molar-refractivity contribution < 1.29 is 26.4 Å². The Bertz CT molecular complexity index is 1280. The Morgan fingerprint density at radius 3 is 2.24 bits per heavy atom. The topological polar surface area (TPSA) is 116 Å². The van der Waals surface area contributed by atoms with Crippen LogP contribution < -0.4 is 10.2 Å². The lowest BCUT2D eigenvalue weighted by Crippen LogP contribution is -2.41. The van der Waals surface area contributed by atoms with Gasteiger partial charge < -0.3 is 15.0 Å². The molecule has 2 fully saturated rings. The summed E-state index contributed by atoms with van der Waals surface area (Å²) >= 11 is 1.18. The number of thiophene rings is 1. The highest BCUT2D eigenvalue weighted by Gasteiger charge is 2.33. The molecule has 4 rings (SSSR count). The smallest absolute Gasteiger partial charge is 0.252 e. The number of anilines is 2. The molecule has 37 heavy (non-hydrogen) atoms. The monoisotopic (exact) mass is 570 g/mol. The van der Waals surface area contributed by atoms with Crippen molar-refractivity contribution in [2.75, 3.05) is 62.7 Å². The van der Waals surface area contributed by atoms with Crippen molar-refractivity contribution in [1.29, 1.82) is 0 Å². The maximum atomic E-state index is 13.3. The second-order valence-electron chi connectivity index (χ2n) is 8.97. The summed E-state index contributed by atoms with van der Waals surface area (Å²) < 4.78 is 60.6. The van der Waals surface area contributed by atoms with Gasteiger partial charge in [-0.05, 0) is 56.3 Å².